The van der Waals surface area contributed by atoms with Crippen molar-refractivity contribution in [3.63, 3.8) is 0 Å². The summed E-state index contributed by atoms with van der Waals surface area (Å²) in [5.41, 5.74) is 13.9. The van der Waals surface area contributed by atoms with Crippen LogP contribution in [0.25, 0.3) is 72.3 Å². The summed E-state index contributed by atoms with van der Waals surface area (Å²) in [6, 6.07) is 47.8. The summed E-state index contributed by atoms with van der Waals surface area (Å²) in [7, 11) is 0. The fourth-order valence-electron chi connectivity index (χ4n) is 6.73. The lowest BCUT2D eigenvalue weighted by Gasteiger charge is -2.22. The van der Waals surface area contributed by atoms with Gasteiger partial charge in [-0.3, -0.25) is 4.98 Å². The van der Waals surface area contributed by atoms with Crippen LogP contribution in [0, 0.1) is 6.57 Å². The second-order valence-corrected chi connectivity index (χ2v) is 12.4. The van der Waals surface area contributed by atoms with Crippen LogP contribution in [0.4, 0.5) is 5.69 Å². The molecule has 0 saturated carbocycles. The van der Waals surface area contributed by atoms with Crippen LogP contribution in [-0.4, -0.2) is 15.0 Å². The minimum atomic E-state index is -0.232. The smallest absolute Gasteiger partial charge is 0.195 e. The van der Waals surface area contributed by atoms with E-state index in [2.05, 4.69) is 79.4 Å². The number of benzene rings is 5. The Labute approximate surface area is 274 Å². The van der Waals surface area contributed by atoms with Gasteiger partial charge in [0, 0.05) is 33.9 Å². The van der Waals surface area contributed by atoms with Crippen molar-refractivity contribution in [2.45, 2.75) is 19.3 Å². The first kappa shape index (κ1) is 28.3. The quantitative estimate of drug-likeness (QED) is 0.184. The maximum Gasteiger partial charge on any atom is 0.195 e. The predicted molar refractivity (Wildman–Crippen MR) is 191 cm³/mol. The molecule has 0 saturated heterocycles. The maximum absolute atomic E-state index is 7.82. The van der Waals surface area contributed by atoms with Crippen molar-refractivity contribution >= 4 is 5.69 Å². The molecule has 0 atom stereocenters. The van der Waals surface area contributed by atoms with E-state index >= 15 is 0 Å². The fourth-order valence-corrected chi connectivity index (χ4v) is 6.73. The average Bonchev–Trinajstić information content (AvgIpc) is 3.38. The number of aromatic nitrogens is 3. The molecule has 8 rings (SSSR count). The molecule has 0 N–H and O–H groups in total. The van der Waals surface area contributed by atoms with Gasteiger partial charge in [0.15, 0.2) is 11.5 Å². The Kier molecular flexibility index (Phi) is 6.82. The third-order valence-electron chi connectivity index (χ3n) is 9.15. The topological polar surface area (TPSA) is 43.0 Å². The molecule has 0 amide bonds. The van der Waals surface area contributed by atoms with Gasteiger partial charge in [0.25, 0.3) is 0 Å². The number of nitrogens with zero attached hydrogens (tertiary/aromatic N) is 4. The minimum absolute atomic E-state index is 0.232. The van der Waals surface area contributed by atoms with Crippen LogP contribution in [0.5, 0.6) is 0 Å². The molecule has 0 radical (unpaired) electrons. The van der Waals surface area contributed by atoms with Crippen LogP contribution in [-0.2, 0) is 5.41 Å². The third kappa shape index (κ3) is 4.99. The van der Waals surface area contributed by atoms with Crippen molar-refractivity contribution < 1.29 is 0 Å². The highest BCUT2D eigenvalue weighted by Crippen LogP contribution is 2.53. The lowest BCUT2D eigenvalue weighted by atomic mass is 9.81. The molecular weight excluding hydrogens is 573 g/mol. The third-order valence-corrected chi connectivity index (χ3v) is 9.15. The van der Waals surface area contributed by atoms with Crippen molar-refractivity contribution in [2.75, 3.05) is 0 Å². The molecule has 1 aliphatic rings. The molecule has 0 fully saturated rings. The molecule has 7 aromatic rings. The molecule has 2 aromatic heterocycles. The van der Waals surface area contributed by atoms with Crippen LogP contribution in [0.1, 0.15) is 25.0 Å². The first-order valence-electron chi connectivity index (χ1n) is 15.7. The van der Waals surface area contributed by atoms with E-state index in [-0.39, 0.29) is 5.41 Å². The Hall–Kier alpha value is -6.18. The SMILES string of the molecule is [C-]#[N+]c1cccc2c1-c1ccc(-c3cc(-c4ccccn4)cc(-c4cc(-c5ccccc5)nc(-c5ccccc5)n4)c3)cc1C2(C)C. The number of fused-ring (bicyclic) bond motifs is 3. The molecule has 222 valence electrons. The van der Waals surface area contributed by atoms with Gasteiger partial charge in [-0.15, -0.1) is 0 Å². The van der Waals surface area contributed by atoms with Crippen molar-refractivity contribution in [1.29, 1.82) is 0 Å². The van der Waals surface area contributed by atoms with E-state index in [0.29, 0.717) is 11.5 Å². The normalized spacial score (nSPS) is 12.6. The van der Waals surface area contributed by atoms with Crippen molar-refractivity contribution in [3.8, 4) is 67.4 Å². The van der Waals surface area contributed by atoms with Gasteiger partial charge < -0.3 is 0 Å². The van der Waals surface area contributed by atoms with E-state index in [9.17, 15) is 0 Å². The summed E-state index contributed by atoms with van der Waals surface area (Å²) in [6.45, 7) is 12.3. The number of hydrogen-bond acceptors (Lipinski definition) is 3. The second kappa shape index (κ2) is 11.3. The molecule has 5 aromatic carbocycles. The summed E-state index contributed by atoms with van der Waals surface area (Å²) in [5.74, 6) is 0.680. The van der Waals surface area contributed by atoms with E-state index in [1.54, 1.807) is 0 Å². The molecule has 0 unspecified atom stereocenters. The van der Waals surface area contributed by atoms with Crippen molar-refractivity contribution in [1.82, 2.24) is 15.0 Å². The molecule has 4 heteroatoms. The van der Waals surface area contributed by atoms with Gasteiger partial charge in [0.2, 0.25) is 0 Å². The van der Waals surface area contributed by atoms with Gasteiger partial charge in [0.1, 0.15) is 0 Å². The highest BCUT2D eigenvalue weighted by atomic mass is 14.9. The van der Waals surface area contributed by atoms with Gasteiger partial charge in [-0.25, -0.2) is 14.8 Å². The highest BCUT2D eigenvalue weighted by Gasteiger charge is 2.36. The molecule has 0 aliphatic heterocycles. The zero-order chi connectivity index (χ0) is 32.0. The van der Waals surface area contributed by atoms with Gasteiger partial charge >= 0.3 is 0 Å². The molecule has 4 nitrogen and oxygen atoms in total. The summed E-state index contributed by atoms with van der Waals surface area (Å²) >= 11 is 0. The fraction of sp³-hybridized carbons (Fsp3) is 0.0698. The van der Waals surface area contributed by atoms with Gasteiger partial charge in [0.05, 0.1) is 23.7 Å². The van der Waals surface area contributed by atoms with Crippen LogP contribution >= 0.6 is 0 Å². The van der Waals surface area contributed by atoms with Crippen molar-refractivity contribution in [2.24, 2.45) is 0 Å². The van der Waals surface area contributed by atoms with E-state index in [1.165, 1.54) is 11.1 Å². The number of rotatable bonds is 5. The van der Waals surface area contributed by atoms with Gasteiger partial charge in [-0.05, 0) is 75.8 Å². The van der Waals surface area contributed by atoms with Gasteiger partial charge in [-0.1, -0.05) is 111 Å². The molecule has 2 heterocycles. The lowest BCUT2D eigenvalue weighted by Crippen LogP contribution is -2.14. The average molecular weight is 603 g/mol. The second-order valence-electron chi connectivity index (χ2n) is 12.4. The standard InChI is InChI=1S/C43H30N4/c1-43(2)35-17-12-19-38(44-3)41(35)34-21-20-30(26-36(34)43)31-23-32(37-18-10-11-22-45-37)25-33(24-31)40-27-39(28-13-6-4-7-14-28)46-42(47-40)29-15-8-5-9-16-29/h4-27H,1-2H3. The Morgan fingerprint density at radius 1 is 0.511 bits per heavy atom. The first-order chi connectivity index (χ1) is 23.0. The van der Waals surface area contributed by atoms with Crippen molar-refractivity contribution in [3.05, 3.63) is 168 Å². The van der Waals surface area contributed by atoms with E-state index in [4.69, 9.17) is 21.5 Å². The lowest BCUT2D eigenvalue weighted by molar-refractivity contribution is 0.661. The first-order valence-corrected chi connectivity index (χ1v) is 15.7. The largest absolute Gasteiger partial charge is 0.256 e. The van der Waals surface area contributed by atoms with E-state index in [1.807, 2.05) is 85.1 Å². The van der Waals surface area contributed by atoms with Gasteiger partial charge in [-0.2, -0.15) is 0 Å². The van der Waals surface area contributed by atoms with Crippen LogP contribution in [0.3, 0.4) is 0 Å². The van der Waals surface area contributed by atoms with Crippen LogP contribution < -0.4 is 0 Å². The minimum Gasteiger partial charge on any atom is -0.256 e. The number of hydrogen-bond donors (Lipinski definition) is 0. The monoisotopic (exact) mass is 602 g/mol. The summed E-state index contributed by atoms with van der Waals surface area (Å²) < 4.78 is 0. The maximum atomic E-state index is 7.82. The molecule has 0 bridgehead atoms. The summed E-state index contributed by atoms with van der Waals surface area (Å²) in [6.07, 6.45) is 1.83. The summed E-state index contributed by atoms with van der Waals surface area (Å²) in [4.78, 5) is 18.7. The molecular formula is C43H30N4. The molecule has 0 spiro atoms. The summed E-state index contributed by atoms with van der Waals surface area (Å²) in [5, 5.41) is 0. The van der Waals surface area contributed by atoms with E-state index in [0.717, 1.165) is 61.6 Å². The number of pyridine rings is 1. The predicted octanol–water partition coefficient (Wildman–Crippen LogP) is 11.1. The molecule has 47 heavy (non-hydrogen) atoms. The Morgan fingerprint density at radius 3 is 1.87 bits per heavy atom. The Balaban J connectivity index is 1.33. The Bertz CT molecular complexity index is 2260. The highest BCUT2D eigenvalue weighted by molar-refractivity contribution is 5.92. The van der Waals surface area contributed by atoms with Crippen LogP contribution in [0.2, 0.25) is 0 Å². The van der Waals surface area contributed by atoms with E-state index < -0.39 is 0 Å². The zero-order valence-electron chi connectivity index (χ0n) is 26.1. The Morgan fingerprint density at radius 2 is 1.17 bits per heavy atom. The van der Waals surface area contributed by atoms with Crippen LogP contribution in [0.15, 0.2) is 146 Å². The zero-order valence-corrected chi connectivity index (χ0v) is 26.1. The molecule has 1 aliphatic carbocycles.